The molecule has 3 heteroatoms. The molecule has 124 valence electrons. The van der Waals surface area contributed by atoms with Crippen molar-refractivity contribution in [2.45, 2.75) is 13.8 Å². The molecule has 0 aliphatic rings. The fourth-order valence-corrected chi connectivity index (χ4v) is 2.43. The third-order valence-corrected chi connectivity index (χ3v) is 3.91. The molecule has 0 bridgehead atoms. The van der Waals surface area contributed by atoms with Crippen molar-refractivity contribution in [3.63, 3.8) is 0 Å². The van der Waals surface area contributed by atoms with Crippen molar-refractivity contribution in [2.75, 3.05) is 0 Å². The van der Waals surface area contributed by atoms with Crippen LogP contribution in [0.3, 0.4) is 0 Å². The Morgan fingerprint density at radius 2 is 1.20 bits per heavy atom. The van der Waals surface area contributed by atoms with E-state index in [4.69, 9.17) is 0 Å². The second-order valence-corrected chi connectivity index (χ2v) is 6.01. The van der Waals surface area contributed by atoms with Crippen LogP contribution in [0.5, 0.6) is 0 Å². The molecule has 0 amide bonds. The van der Waals surface area contributed by atoms with Crippen molar-refractivity contribution in [3.8, 4) is 11.1 Å². The van der Waals surface area contributed by atoms with Crippen molar-refractivity contribution in [1.29, 1.82) is 0 Å². The van der Waals surface area contributed by atoms with Gasteiger partial charge < -0.3 is 0 Å². The van der Waals surface area contributed by atoms with E-state index in [1.807, 2.05) is 68.4 Å². The highest BCUT2D eigenvalue weighted by Crippen LogP contribution is 2.23. The molecule has 0 saturated heterocycles. The Morgan fingerprint density at radius 3 is 1.80 bits per heavy atom. The molecule has 25 heavy (non-hydrogen) atoms. The number of nitrogens with zero attached hydrogens (tertiary/aromatic N) is 2. The maximum atomic E-state index is 14.3. The minimum absolute atomic E-state index is 0.268. The number of hydrogen-bond acceptors (Lipinski definition) is 2. The summed E-state index contributed by atoms with van der Waals surface area (Å²) in [4.78, 5) is 0. The van der Waals surface area contributed by atoms with Crippen LogP contribution in [0.2, 0.25) is 0 Å². The van der Waals surface area contributed by atoms with Crippen molar-refractivity contribution in [3.05, 3.63) is 94.8 Å². The molecule has 3 aromatic rings. The molecule has 0 N–H and O–H groups in total. The lowest BCUT2D eigenvalue weighted by atomic mass is 10.0. The number of halogens is 1. The first kappa shape index (κ1) is 16.8. The summed E-state index contributed by atoms with van der Waals surface area (Å²) in [5.74, 6) is -0.268. The predicted molar refractivity (Wildman–Crippen MR) is 103 cm³/mol. The monoisotopic (exact) mass is 330 g/mol. The number of rotatable bonds is 4. The van der Waals surface area contributed by atoms with Gasteiger partial charge in [0.2, 0.25) is 0 Å². The van der Waals surface area contributed by atoms with Crippen LogP contribution >= 0.6 is 0 Å². The molecule has 0 unspecified atom stereocenters. The third-order valence-electron chi connectivity index (χ3n) is 3.91. The molecular formula is C22H19FN2. The average molecular weight is 330 g/mol. The van der Waals surface area contributed by atoms with Gasteiger partial charge in [-0.25, -0.2) is 4.39 Å². The first-order valence-electron chi connectivity index (χ1n) is 8.11. The van der Waals surface area contributed by atoms with Crippen LogP contribution in [-0.2, 0) is 0 Å². The van der Waals surface area contributed by atoms with Gasteiger partial charge in [-0.3, -0.25) is 0 Å². The Labute approximate surface area is 147 Å². The minimum atomic E-state index is -0.268. The molecule has 0 aliphatic carbocycles. The summed E-state index contributed by atoms with van der Waals surface area (Å²) in [7, 11) is 0. The quantitative estimate of drug-likeness (QED) is 0.442. The van der Waals surface area contributed by atoms with E-state index in [0.717, 1.165) is 16.7 Å². The maximum absolute atomic E-state index is 14.3. The highest BCUT2D eigenvalue weighted by atomic mass is 19.1. The van der Waals surface area contributed by atoms with E-state index in [0.29, 0.717) is 11.1 Å². The van der Waals surface area contributed by atoms with E-state index in [-0.39, 0.29) is 5.82 Å². The van der Waals surface area contributed by atoms with E-state index >= 15 is 0 Å². The summed E-state index contributed by atoms with van der Waals surface area (Å²) in [6.07, 6.45) is 3.22. The minimum Gasteiger partial charge on any atom is -0.206 e. The molecule has 0 spiro atoms. The maximum Gasteiger partial charge on any atom is 0.131 e. The summed E-state index contributed by atoms with van der Waals surface area (Å²) >= 11 is 0. The third kappa shape index (κ3) is 4.48. The number of aryl methyl sites for hydroxylation is 2. The average Bonchev–Trinajstić information content (AvgIpc) is 2.61. The van der Waals surface area contributed by atoms with Gasteiger partial charge in [0.05, 0.1) is 12.4 Å². The van der Waals surface area contributed by atoms with Gasteiger partial charge in [-0.2, -0.15) is 10.2 Å². The molecule has 3 rings (SSSR count). The standard InChI is InChI=1S/C22H19FN2/c1-16-3-7-18(8-4-16)14-24-25-15-19-9-12-21(22(23)13-19)20-10-5-17(2)6-11-20/h3-15H,1-2H3/b24-14-,25-15-. The van der Waals surface area contributed by atoms with Crippen LogP contribution in [0.15, 0.2) is 76.9 Å². The molecule has 0 heterocycles. The molecule has 3 aromatic carbocycles. The predicted octanol–water partition coefficient (Wildman–Crippen LogP) is 5.56. The molecule has 0 atom stereocenters. The lowest BCUT2D eigenvalue weighted by molar-refractivity contribution is 0.631. The summed E-state index contributed by atoms with van der Waals surface area (Å²) < 4.78 is 14.3. The van der Waals surface area contributed by atoms with Crippen molar-refractivity contribution >= 4 is 12.4 Å². The Balaban J connectivity index is 1.72. The zero-order valence-electron chi connectivity index (χ0n) is 14.3. The second-order valence-electron chi connectivity index (χ2n) is 6.01. The zero-order valence-corrected chi connectivity index (χ0v) is 14.3. The van der Waals surface area contributed by atoms with Crippen LogP contribution in [-0.4, -0.2) is 12.4 Å². The summed E-state index contributed by atoms with van der Waals surface area (Å²) in [6, 6.07) is 20.9. The highest BCUT2D eigenvalue weighted by molar-refractivity contribution is 5.83. The van der Waals surface area contributed by atoms with Crippen LogP contribution in [0, 0.1) is 19.7 Å². The summed E-state index contributed by atoms with van der Waals surface area (Å²) in [5.41, 5.74) is 5.45. The lowest BCUT2D eigenvalue weighted by Gasteiger charge is -2.04. The summed E-state index contributed by atoms with van der Waals surface area (Å²) in [6.45, 7) is 4.05. The van der Waals surface area contributed by atoms with Crippen molar-refractivity contribution in [2.24, 2.45) is 10.2 Å². The van der Waals surface area contributed by atoms with E-state index < -0.39 is 0 Å². The fraction of sp³-hybridized carbons (Fsp3) is 0.0909. The Bertz CT molecular complexity index is 908. The molecule has 0 aromatic heterocycles. The van der Waals surface area contributed by atoms with Crippen LogP contribution < -0.4 is 0 Å². The van der Waals surface area contributed by atoms with Gasteiger partial charge in [-0.1, -0.05) is 71.8 Å². The van der Waals surface area contributed by atoms with Gasteiger partial charge >= 0.3 is 0 Å². The normalized spacial score (nSPS) is 11.5. The van der Waals surface area contributed by atoms with E-state index in [1.165, 1.54) is 11.6 Å². The van der Waals surface area contributed by atoms with Gasteiger partial charge in [-0.15, -0.1) is 0 Å². The fourth-order valence-electron chi connectivity index (χ4n) is 2.43. The zero-order chi connectivity index (χ0) is 17.6. The topological polar surface area (TPSA) is 24.7 Å². The Morgan fingerprint density at radius 1 is 0.680 bits per heavy atom. The van der Waals surface area contributed by atoms with Gasteiger partial charge in [0, 0.05) is 5.56 Å². The van der Waals surface area contributed by atoms with E-state index in [2.05, 4.69) is 10.2 Å². The van der Waals surface area contributed by atoms with Crippen LogP contribution in [0.1, 0.15) is 22.3 Å². The largest absolute Gasteiger partial charge is 0.206 e. The van der Waals surface area contributed by atoms with Gasteiger partial charge in [-0.05, 0) is 36.6 Å². The molecular weight excluding hydrogens is 311 g/mol. The molecule has 0 saturated carbocycles. The smallest absolute Gasteiger partial charge is 0.131 e. The van der Waals surface area contributed by atoms with Gasteiger partial charge in [0.1, 0.15) is 5.82 Å². The molecule has 0 fully saturated rings. The Hall–Kier alpha value is -3.07. The molecule has 0 radical (unpaired) electrons. The van der Waals surface area contributed by atoms with E-state index in [9.17, 15) is 4.39 Å². The first-order valence-corrected chi connectivity index (χ1v) is 8.11. The Kier molecular flexibility index (Phi) is 5.14. The van der Waals surface area contributed by atoms with Gasteiger partial charge in [0.25, 0.3) is 0 Å². The lowest BCUT2D eigenvalue weighted by Crippen LogP contribution is -1.88. The summed E-state index contributed by atoms with van der Waals surface area (Å²) in [5, 5.41) is 8.00. The SMILES string of the molecule is Cc1ccc(/C=N\N=C/c2ccc(-c3ccc(C)cc3)c(F)c2)cc1. The highest BCUT2D eigenvalue weighted by Gasteiger charge is 2.05. The number of hydrogen-bond donors (Lipinski definition) is 0. The van der Waals surface area contributed by atoms with Crippen LogP contribution in [0.25, 0.3) is 11.1 Å². The second kappa shape index (κ2) is 7.67. The van der Waals surface area contributed by atoms with Crippen molar-refractivity contribution < 1.29 is 4.39 Å². The number of benzene rings is 3. The van der Waals surface area contributed by atoms with Crippen LogP contribution in [0.4, 0.5) is 4.39 Å². The first-order chi connectivity index (χ1) is 12.1. The molecule has 0 aliphatic heterocycles. The van der Waals surface area contributed by atoms with Gasteiger partial charge in [0.15, 0.2) is 0 Å². The van der Waals surface area contributed by atoms with E-state index in [1.54, 1.807) is 18.5 Å². The molecule has 2 nitrogen and oxygen atoms in total. The van der Waals surface area contributed by atoms with Crippen molar-refractivity contribution in [1.82, 2.24) is 0 Å².